The van der Waals surface area contributed by atoms with Gasteiger partial charge in [0.25, 0.3) is 0 Å². The van der Waals surface area contributed by atoms with Crippen LogP contribution in [0, 0.1) is 10.5 Å². The van der Waals surface area contributed by atoms with Crippen LogP contribution in [0.5, 0.6) is 0 Å². The summed E-state index contributed by atoms with van der Waals surface area (Å²) in [7, 11) is -3.25. The summed E-state index contributed by atoms with van der Waals surface area (Å²) >= 11 is 5.06. The number of hydrogen-bond acceptors (Lipinski definition) is 2. The van der Waals surface area contributed by atoms with Crippen molar-refractivity contribution in [1.29, 1.82) is 0 Å². The van der Waals surface area contributed by atoms with E-state index in [0.717, 1.165) is 9.13 Å². The molecule has 0 saturated carbocycles. The van der Waals surface area contributed by atoms with Crippen molar-refractivity contribution in [3.05, 3.63) is 27.3 Å². The highest BCUT2D eigenvalue weighted by atomic mass is 127. The van der Waals surface area contributed by atoms with E-state index in [-0.39, 0.29) is 4.66 Å². The molecule has 6 heteroatoms. The molecule has 1 N–H and O–H groups in total. The summed E-state index contributed by atoms with van der Waals surface area (Å²) in [5, 5.41) is 0. The molecule has 14 heavy (non-hydrogen) atoms. The van der Waals surface area contributed by atoms with E-state index < -0.39 is 10.0 Å². The normalized spacial score (nSPS) is 11.4. The molecule has 1 aromatic rings. The van der Waals surface area contributed by atoms with E-state index in [1.54, 1.807) is 6.07 Å². The number of anilines is 1. The van der Waals surface area contributed by atoms with E-state index in [9.17, 15) is 8.42 Å². The van der Waals surface area contributed by atoms with Gasteiger partial charge in [-0.15, -0.1) is 0 Å². The minimum atomic E-state index is -3.25. The standard InChI is InChI=1S/C8H9BrINO2S/c1-6-2-3-7(10)4-8(6)11-14(12,13)5-9/h2-4,11H,5H2,1H3. The number of sulfonamides is 1. The molecule has 0 atom stereocenters. The van der Waals surface area contributed by atoms with E-state index >= 15 is 0 Å². The number of nitrogens with one attached hydrogen (secondary N) is 1. The molecule has 0 radical (unpaired) electrons. The average Bonchev–Trinajstić information content (AvgIpc) is 2.11. The van der Waals surface area contributed by atoms with Crippen molar-refractivity contribution in [3.63, 3.8) is 0 Å². The molecular formula is C8H9BrINO2S. The van der Waals surface area contributed by atoms with E-state index in [1.807, 2.05) is 19.1 Å². The summed E-state index contributed by atoms with van der Waals surface area (Å²) < 4.78 is 25.9. The molecular weight excluding hydrogens is 381 g/mol. The lowest BCUT2D eigenvalue weighted by molar-refractivity contribution is 0.606. The summed E-state index contributed by atoms with van der Waals surface area (Å²) in [6.07, 6.45) is 0. The van der Waals surface area contributed by atoms with Crippen LogP contribution < -0.4 is 4.72 Å². The first kappa shape index (κ1) is 12.3. The van der Waals surface area contributed by atoms with Gasteiger partial charge >= 0.3 is 0 Å². The Morgan fingerprint density at radius 2 is 2.14 bits per heavy atom. The second-order valence-electron chi connectivity index (χ2n) is 2.79. The monoisotopic (exact) mass is 389 g/mol. The molecule has 0 heterocycles. The van der Waals surface area contributed by atoms with Gasteiger partial charge in [0.15, 0.2) is 0 Å². The number of aryl methyl sites for hydroxylation is 1. The number of halogens is 2. The van der Waals surface area contributed by atoms with Crippen molar-refractivity contribution < 1.29 is 8.42 Å². The largest absolute Gasteiger partial charge is 0.283 e. The second kappa shape index (κ2) is 4.80. The van der Waals surface area contributed by atoms with Crippen molar-refractivity contribution in [2.24, 2.45) is 0 Å². The van der Waals surface area contributed by atoms with Gasteiger partial charge in [-0.2, -0.15) is 0 Å². The van der Waals surface area contributed by atoms with Crippen LogP contribution >= 0.6 is 38.5 Å². The minimum Gasteiger partial charge on any atom is -0.283 e. The van der Waals surface area contributed by atoms with Crippen LogP contribution in [-0.4, -0.2) is 13.1 Å². The first-order valence-electron chi connectivity index (χ1n) is 3.77. The quantitative estimate of drug-likeness (QED) is 0.638. The van der Waals surface area contributed by atoms with E-state index in [2.05, 4.69) is 43.2 Å². The molecule has 0 bridgehead atoms. The zero-order valence-corrected chi connectivity index (χ0v) is 12.0. The molecule has 1 aromatic carbocycles. The summed E-state index contributed by atoms with van der Waals surface area (Å²) in [6, 6.07) is 5.62. The van der Waals surface area contributed by atoms with Crippen LogP contribution in [0.4, 0.5) is 5.69 Å². The Hall–Kier alpha value is 0.180. The maximum absolute atomic E-state index is 11.3. The van der Waals surface area contributed by atoms with Gasteiger partial charge < -0.3 is 0 Å². The summed E-state index contributed by atoms with van der Waals surface area (Å²) in [4.78, 5) is 0. The van der Waals surface area contributed by atoms with Gasteiger partial charge in [-0.05, 0) is 47.2 Å². The van der Waals surface area contributed by atoms with Crippen molar-refractivity contribution in [3.8, 4) is 0 Å². The predicted molar refractivity (Wildman–Crippen MR) is 70.2 cm³/mol. The summed E-state index contributed by atoms with van der Waals surface area (Å²) in [5.41, 5.74) is 1.55. The Morgan fingerprint density at radius 3 is 2.71 bits per heavy atom. The Labute approximate surface area is 106 Å². The molecule has 0 fully saturated rings. The van der Waals surface area contributed by atoms with E-state index in [0.29, 0.717) is 5.69 Å². The molecule has 0 aromatic heterocycles. The molecule has 0 aliphatic carbocycles. The molecule has 1 rings (SSSR count). The highest BCUT2D eigenvalue weighted by molar-refractivity contribution is 14.1. The first-order chi connectivity index (χ1) is 6.44. The van der Waals surface area contributed by atoms with Crippen molar-refractivity contribution >= 4 is 54.2 Å². The fourth-order valence-corrected chi connectivity index (χ4v) is 2.34. The third kappa shape index (κ3) is 3.39. The zero-order valence-electron chi connectivity index (χ0n) is 7.42. The van der Waals surface area contributed by atoms with Crippen LogP contribution in [0.2, 0.25) is 0 Å². The lowest BCUT2D eigenvalue weighted by Gasteiger charge is -2.08. The molecule has 3 nitrogen and oxygen atoms in total. The van der Waals surface area contributed by atoms with Crippen LogP contribution in [0.15, 0.2) is 18.2 Å². The van der Waals surface area contributed by atoms with Crippen LogP contribution in [0.1, 0.15) is 5.56 Å². The third-order valence-corrected chi connectivity index (χ3v) is 4.91. The van der Waals surface area contributed by atoms with Crippen LogP contribution in [0.25, 0.3) is 0 Å². The van der Waals surface area contributed by atoms with Crippen LogP contribution in [-0.2, 0) is 10.0 Å². The Kier molecular flexibility index (Phi) is 4.20. The molecule has 0 spiro atoms. The van der Waals surface area contributed by atoms with Gasteiger partial charge in [-0.1, -0.05) is 22.0 Å². The number of rotatable bonds is 3. The highest BCUT2D eigenvalue weighted by Gasteiger charge is 2.09. The van der Waals surface area contributed by atoms with E-state index in [1.165, 1.54) is 0 Å². The maximum atomic E-state index is 11.3. The van der Waals surface area contributed by atoms with Crippen molar-refractivity contribution in [2.75, 3.05) is 9.38 Å². The summed E-state index contributed by atoms with van der Waals surface area (Å²) in [5.74, 6) is 0. The molecule has 0 saturated heterocycles. The first-order valence-corrected chi connectivity index (χ1v) is 7.62. The van der Waals surface area contributed by atoms with Gasteiger partial charge in [-0.3, -0.25) is 4.72 Å². The molecule has 0 amide bonds. The Balaban J connectivity index is 3.03. The SMILES string of the molecule is Cc1ccc(I)cc1NS(=O)(=O)CBr. The smallest absolute Gasteiger partial charge is 0.242 e. The maximum Gasteiger partial charge on any atom is 0.242 e. The molecule has 0 unspecified atom stereocenters. The van der Waals surface area contributed by atoms with Gasteiger partial charge in [-0.25, -0.2) is 8.42 Å². The average molecular weight is 390 g/mol. The van der Waals surface area contributed by atoms with Crippen LogP contribution in [0.3, 0.4) is 0 Å². The van der Waals surface area contributed by atoms with Gasteiger partial charge in [0.1, 0.15) is 4.66 Å². The fourth-order valence-electron chi connectivity index (χ4n) is 0.899. The predicted octanol–water partition coefficient (Wildman–Crippen LogP) is 2.69. The molecule has 0 aliphatic rings. The van der Waals surface area contributed by atoms with Crippen molar-refractivity contribution in [1.82, 2.24) is 0 Å². The van der Waals surface area contributed by atoms with Crippen molar-refractivity contribution in [2.45, 2.75) is 6.92 Å². The van der Waals surface area contributed by atoms with Gasteiger partial charge in [0.2, 0.25) is 10.0 Å². The minimum absolute atomic E-state index is 0.0923. The van der Waals surface area contributed by atoms with Gasteiger partial charge in [0.05, 0.1) is 5.69 Å². The summed E-state index contributed by atoms with van der Waals surface area (Å²) in [6.45, 7) is 1.86. The topological polar surface area (TPSA) is 46.2 Å². The molecule has 78 valence electrons. The second-order valence-corrected chi connectivity index (χ2v) is 7.06. The van der Waals surface area contributed by atoms with E-state index in [4.69, 9.17) is 0 Å². The highest BCUT2D eigenvalue weighted by Crippen LogP contribution is 2.19. The van der Waals surface area contributed by atoms with Gasteiger partial charge in [0, 0.05) is 3.57 Å². The third-order valence-electron chi connectivity index (χ3n) is 1.61. The lowest BCUT2D eigenvalue weighted by Crippen LogP contribution is -2.14. The number of hydrogen-bond donors (Lipinski definition) is 1. The number of benzene rings is 1. The molecule has 0 aliphatic heterocycles. The Morgan fingerprint density at radius 1 is 1.50 bits per heavy atom. The zero-order chi connectivity index (χ0) is 10.8. The Bertz CT molecular complexity index is 433. The fraction of sp³-hybridized carbons (Fsp3) is 0.250. The number of alkyl halides is 1. The lowest BCUT2D eigenvalue weighted by atomic mass is 10.2.